The Labute approximate surface area is 109 Å². The topological polar surface area (TPSA) is 114 Å². The van der Waals surface area contributed by atoms with E-state index in [1.54, 1.807) is 0 Å². The zero-order chi connectivity index (χ0) is 12.3. The zero-order valence-corrected chi connectivity index (χ0v) is 11.6. The molecule has 0 spiro atoms. The van der Waals surface area contributed by atoms with Crippen LogP contribution in [0.2, 0.25) is 0 Å². The van der Waals surface area contributed by atoms with Crippen molar-refractivity contribution in [3.8, 4) is 0 Å². The van der Waals surface area contributed by atoms with Crippen molar-refractivity contribution in [2.24, 2.45) is 0 Å². The van der Waals surface area contributed by atoms with E-state index in [9.17, 15) is 0 Å². The van der Waals surface area contributed by atoms with Gasteiger partial charge in [0.25, 0.3) is 5.97 Å². The summed E-state index contributed by atoms with van der Waals surface area (Å²) in [4.78, 5) is 17.9. The van der Waals surface area contributed by atoms with Crippen molar-refractivity contribution in [1.82, 2.24) is 6.15 Å². The van der Waals surface area contributed by atoms with Gasteiger partial charge in [-0.25, -0.2) is 0 Å². The lowest BCUT2D eigenvalue weighted by Gasteiger charge is -1.82. The SMILES string of the molecule is CC(=O)O.CC(=O)[O-].Cc1ccccc1.S.[NH4+]. The Bertz CT molecular complexity index is 271. The molecular weight excluding hydrogens is 242 g/mol. The van der Waals surface area contributed by atoms with Gasteiger partial charge in [-0.05, 0) is 13.8 Å². The molecule has 1 rings (SSSR count). The lowest BCUT2D eigenvalue weighted by molar-refractivity contribution is -0.302. The number of hydrogen-bond acceptors (Lipinski definition) is 3. The maximum absolute atomic E-state index is 9.00. The molecule has 0 saturated heterocycles. The largest absolute Gasteiger partial charge is 0.550 e. The minimum Gasteiger partial charge on any atom is -0.550 e. The van der Waals surface area contributed by atoms with Gasteiger partial charge in [0.2, 0.25) is 0 Å². The number of carbonyl (C=O) groups is 2. The number of carbonyl (C=O) groups excluding carboxylic acids is 1. The number of carboxylic acid groups (broad SMARTS) is 2. The molecule has 0 aliphatic carbocycles. The van der Waals surface area contributed by atoms with E-state index < -0.39 is 11.9 Å². The Balaban J connectivity index is -0.0000000755. The Morgan fingerprint density at radius 2 is 1.35 bits per heavy atom. The van der Waals surface area contributed by atoms with Gasteiger partial charge < -0.3 is 21.2 Å². The van der Waals surface area contributed by atoms with E-state index in [4.69, 9.17) is 19.8 Å². The second-order valence-electron chi connectivity index (χ2n) is 2.67. The zero-order valence-electron chi connectivity index (χ0n) is 10.6. The van der Waals surface area contributed by atoms with Crippen LogP contribution in [0.4, 0.5) is 0 Å². The normalized spacial score (nSPS) is 6.53. The van der Waals surface area contributed by atoms with Crippen molar-refractivity contribution < 1.29 is 19.8 Å². The maximum Gasteiger partial charge on any atom is 0.300 e. The molecule has 6 heteroatoms. The summed E-state index contributed by atoms with van der Waals surface area (Å²) in [6.07, 6.45) is 0. The fourth-order valence-electron chi connectivity index (χ4n) is 0.534. The van der Waals surface area contributed by atoms with E-state index in [0.29, 0.717) is 0 Å². The predicted molar refractivity (Wildman–Crippen MR) is 71.5 cm³/mol. The van der Waals surface area contributed by atoms with Crippen LogP contribution in [0, 0.1) is 6.92 Å². The van der Waals surface area contributed by atoms with Gasteiger partial charge in [-0.15, -0.1) is 0 Å². The molecule has 5 N–H and O–H groups in total. The average Bonchev–Trinajstić information content (AvgIpc) is 2.03. The molecule has 0 fully saturated rings. The first-order valence-electron chi connectivity index (χ1n) is 4.25. The lowest BCUT2D eigenvalue weighted by Crippen LogP contribution is -2.16. The molecule has 0 heterocycles. The minimum atomic E-state index is -1.08. The first-order valence-corrected chi connectivity index (χ1v) is 4.25. The van der Waals surface area contributed by atoms with Gasteiger partial charge in [0.1, 0.15) is 0 Å². The second kappa shape index (κ2) is 16.9. The Morgan fingerprint density at radius 1 is 1.12 bits per heavy atom. The van der Waals surface area contributed by atoms with E-state index in [1.807, 2.05) is 18.2 Å². The van der Waals surface area contributed by atoms with Gasteiger partial charge >= 0.3 is 0 Å². The summed E-state index contributed by atoms with van der Waals surface area (Å²) in [7, 11) is 0. The molecule has 0 saturated carbocycles. The summed E-state index contributed by atoms with van der Waals surface area (Å²) in [5.74, 6) is -1.92. The first-order chi connectivity index (χ1) is 6.86. The van der Waals surface area contributed by atoms with Crippen molar-refractivity contribution in [2.75, 3.05) is 0 Å². The molecule has 0 aliphatic rings. The number of rotatable bonds is 0. The van der Waals surface area contributed by atoms with Gasteiger partial charge in [-0.2, -0.15) is 13.5 Å². The lowest BCUT2D eigenvalue weighted by atomic mass is 10.2. The van der Waals surface area contributed by atoms with Gasteiger partial charge in [0.15, 0.2) is 0 Å². The predicted octanol–water partition coefficient (Wildman–Crippen LogP) is 1.33. The number of benzene rings is 1. The van der Waals surface area contributed by atoms with Crippen LogP contribution in [0.25, 0.3) is 0 Å². The van der Waals surface area contributed by atoms with Gasteiger partial charge in [-0.3, -0.25) is 4.79 Å². The van der Waals surface area contributed by atoms with Crippen LogP contribution in [-0.4, -0.2) is 17.0 Å². The molecule has 0 aromatic heterocycles. The van der Waals surface area contributed by atoms with E-state index in [-0.39, 0.29) is 19.6 Å². The molecule has 0 bridgehead atoms. The van der Waals surface area contributed by atoms with E-state index in [2.05, 4.69) is 19.1 Å². The smallest absolute Gasteiger partial charge is 0.300 e. The highest BCUT2D eigenvalue weighted by Crippen LogP contribution is 1.92. The van der Waals surface area contributed by atoms with E-state index in [1.165, 1.54) is 5.56 Å². The van der Waals surface area contributed by atoms with Crippen LogP contribution in [0.15, 0.2) is 30.3 Å². The molecule has 0 aliphatic heterocycles. The molecule has 17 heavy (non-hydrogen) atoms. The Morgan fingerprint density at radius 3 is 1.47 bits per heavy atom. The highest BCUT2D eigenvalue weighted by atomic mass is 32.1. The summed E-state index contributed by atoms with van der Waals surface area (Å²) >= 11 is 0. The quantitative estimate of drug-likeness (QED) is 0.734. The third-order valence-corrected chi connectivity index (χ3v) is 0.940. The van der Waals surface area contributed by atoms with Crippen LogP contribution >= 0.6 is 13.5 Å². The van der Waals surface area contributed by atoms with Gasteiger partial charge in [0.05, 0.1) is 0 Å². The number of quaternary nitrogens is 1. The molecule has 0 amide bonds. The monoisotopic (exact) mass is 263 g/mol. The van der Waals surface area contributed by atoms with Crippen molar-refractivity contribution >= 4 is 25.4 Å². The van der Waals surface area contributed by atoms with Gasteiger partial charge in [0, 0.05) is 12.9 Å². The Kier molecular flexibility index (Phi) is 24.5. The third-order valence-electron chi connectivity index (χ3n) is 0.940. The fraction of sp³-hybridized carbons (Fsp3) is 0.273. The van der Waals surface area contributed by atoms with Crippen molar-refractivity contribution in [3.63, 3.8) is 0 Å². The molecule has 0 radical (unpaired) electrons. The molecule has 0 atom stereocenters. The number of aryl methyl sites for hydroxylation is 1. The van der Waals surface area contributed by atoms with Crippen molar-refractivity contribution in [3.05, 3.63) is 35.9 Å². The van der Waals surface area contributed by atoms with Crippen molar-refractivity contribution in [2.45, 2.75) is 20.8 Å². The molecule has 0 unspecified atom stereocenters. The summed E-state index contributed by atoms with van der Waals surface area (Å²) in [5.41, 5.74) is 1.32. The van der Waals surface area contributed by atoms with Crippen LogP contribution in [0.1, 0.15) is 19.4 Å². The number of hydrogen-bond donors (Lipinski definition) is 2. The minimum absolute atomic E-state index is 0. The van der Waals surface area contributed by atoms with E-state index >= 15 is 0 Å². The standard InChI is InChI=1S/C7H8.2C2H4O2.H3N.H2S/c1-7-5-3-2-4-6-7;2*1-2(3)4;;/h2-6H,1H3;2*1H3,(H,3,4);1H3;1H2. The van der Waals surface area contributed by atoms with Crippen LogP contribution in [0.5, 0.6) is 0 Å². The summed E-state index contributed by atoms with van der Waals surface area (Å²) in [5, 5.41) is 16.3. The highest BCUT2D eigenvalue weighted by molar-refractivity contribution is 7.59. The molecular formula is C11H21NO4S. The summed E-state index contributed by atoms with van der Waals surface area (Å²) < 4.78 is 0. The number of carboxylic acids is 2. The van der Waals surface area contributed by atoms with Crippen LogP contribution < -0.4 is 11.3 Å². The molecule has 5 nitrogen and oxygen atoms in total. The highest BCUT2D eigenvalue weighted by Gasteiger charge is 1.72. The first kappa shape index (κ1) is 24.6. The van der Waals surface area contributed by atoms with E-state index in [0.717, 1.165) is 13.8 Å². The second-order valence-corrected chi connectivity index (χ2v) is 2.67. The fourth-order valence-corrected chi connectivity index (χ4v) is 0.534. The maximum atomic E-state index is 9.00. The van der Waals surface area contributed by atoms with Crippen molar-refractivity contribution in [1.29, 1.82) is 0 Å². The average molecular weight is 263 g/mol. The molecule has 1 aromatic carbocycles. The van der Waals surface area contributed by atoms with Crippen LogP contribution in [-0.2, 0) is 9.59 Å². The summed E-state index contributed by atoms with van der Waals surface area (Å²) in [6.45, 7) is 4.14. The summed E-state index contributed by atoms with van der Waals surface area (Å²) in [6, 6.07) is 10.3. The van der Waals surface area contributed by atoms with Gasteiger partial charge in [-0.1, -0.05) is 35.9 Å². The van der Waals surface area contributed by atoms with Crippen LogP contribution in [0.3, 0.4) is 0 Å². The molecule has 100 valence electrons. The Hall–Kier alpha value is -1.53. The third kappa shape index (κ3) is 53.8. The number of aliphatic carboxylic acids is 2. The molecule has 1 aromatic rings.